The van der Waals surface area contributed by atoms with Crippen LogP contribution < -0.4 is 25.4 Å². The second kappa shape index (κ2) is 9.12. The van der Waals surface area contributed by atoms with Crippen LogP contribution in [0.15, 0.2) is 24.4 Å². The number of nitriles is 1. The lowest BCUT2D eigenvalue weighted by Gasteiger charge is -2.61. The van der Waals surface area contributed by atoms with E-state index < -0.39 is 0 Å². The summed E-state index contributed by atoms with van der Waals surface area (Å²) in [4.78, 5) is 28.4. The molecule has 0 unspecified atom stereocenters. The molecule has 2 aromatic rings. The van der Waals surface area contributed by atoms with E-state index in [9.17, 15) is 4.79 Å². The maximum atomic E-state index is 13.1. The first-order valence-corrected chi connectivity index (χ1v) is 12.8. The van der Waals surface area contributed by atoms with Crippen molar-refractivity contribution in [2.24, 2.45) is 23.7 Å². The average Bonchev–Trinajstić information content (AvgIpc) is 3.62. The Bertz CT molecular complexity index is 1170. The molecule has 2 bridgehead atoms. The van der Waals surface area contributed by atoms with Gasteiger partial charge in [0.2, 0.25) is 0 Å². The van der Waals surface area contributed by atoms with E-state index in [0.717, 1.165) is 57.5 Å². The molecule has 10 heteroatoms. The van der Waals surface area contributed by atoms with Crippen molar-refractivity contribution in [3.8, 4) is 17.8 Å². The summed E-state index contributed by atoms with van der Waals surface area (Å²) >= 11 is 0. The SMILES string of the molecule is N#C[C@H]1C[C@H]1COc1nc(C(=O)NC23CC(C2)C3)cc(N2CCC(COc3cccnc3N)CC2)n1. The smallest absolute Gasteiger partial charge is 0.319 e. The Labute approximate surface area is 210 Å². The number of rotatable bonds is 9. The summed E-state index contributed by atoms with van der Waals surface area (Å²) in [6, 6.07) is 7.90. The minimum atomic E-state index is -0.166. The fraction of sp³-hybridized carbons (Fsp3) is 0.577. The number of aromatic nitrogens is 3. The molecule has 1 amide bonds. The summed E-state index contributed by atoms with van der Waals surface area (Å²) in [5.74, 6) is 2.98. The van der Waals surface area contributed by atoms with E-state index in [1.165, 1.54) is 0 Å². The second-order valence-corrected chi connectivity index (χ2v) is 10.8. The van der Waals surface area contributed by atoms with Crippen LogP contribution in [0.3, 0.4) is 0 Å². The maximum absolute atomic E-state index is 13.1. The number of carbonyl (C=O) groups excluding carboxylic acids is 1. The molecule has 3 heterocycles. The van der Waals surface area contributed by atoms with Gasteiger partial charge in [0.1, 0.15) is 11.5 Å². The van der Waals surface area contributed by atoms with Crippen molar-refractivity contribution in [3.05, 3.63) is 30.1 Å². The van der Waals surface area contributed by atoms with Gasteiger partial charge in [-0.15, -0.1) is 0 Å². The van der Waals surface area contributed by atoms with Crippen molar-refractivity contribution in [2.45, 2.75) is 44.1 Å². The van der Waals surface area contributed by atoms with Crippen LogP contribution in [-0.2, 0) is 0 Å². The Hall–Kier alpha value is -3.61. The molecular formula is C26H31N7O3. The van der Waals surface area contributed by atoms with E-state index in [-0.39, 0.29) is 29.3 Å². The zero-order chi connectivity index (χ0) is 24.7. The highest BCUT2D eigenvalue weighted by Gasteiger charge is 2.57. The molecule has 0 aromatic carbocycles. The van der Waals surface area contributed by atoms with Crippen molar-refractivity contribution in [1.29, 1.82) is 5.26 Å². The third-order valence-electron chi connectivity index (χ3n) is 8.07. The predicted octanol–water partition coefficient (Wildman–Crippen LogP) is 2.57. The van der Waals surface area contributed by atoms with E-state index in [2.05, 4.69) is 31.2 Å². The number of nitrogens with two attached hydrogens (primary N) is 1. The minimum absolute atomic E-state index is 0.0298. The molecule has 3 N–H and O–H groups in total. The van der Waals surface area contributed by atoms with Crippen LogP contribution in [0.25, 0.3) is 0 Å². The van der Waals surface area contributed by atoms with Gasteiger partial charge in [-0.2, -0.15) is 15.2 Å². The average molecular weight is 490 g/mol. The van der Waals surface area contributed by atoms with E-state index in [1.54, 1.807) is 12.3 Å². The topological polar surface area (TPSA) is 139 Å². The molecule has 5 fully saturated rings. The molecule has 4 aliphatic carbocycles. The molecule has 188 valence electrons. The first-order valence-electron chi connectivity index (χ1n) is 12.8. The van der Waals surface area contributed by atoms with Crippen LogP contribution in [0.5, 0.6) is 11.8 Å². The van der Waals surface area contributed by atoms with Crippen LogP contribution in [0.4, 0.5) is 11.6 Å². The highest BCUT2D eigenvalue weighted by atomic mass is 16.5. The largest absolute Gasteiger partial charge is 0.489 e. The molecule has 7 rings (SSSR count). The first-order chi connectivity index (χ1) is 17.5. The van der Waals surface area contributed by atoms with Gasteiger partial charge in [0.05, 0.1) is 25.2 Å². The van der Waals surface area contributed by atoms with E-state index in [4.69, 9.17) is 20.5 Å². The summed E-state index contributed by atoms with van der Waals surface area (Å²) in [5, 5.41) is 12.3. The van der Waals surface area contributed by atoms with Crippen molar-refractivity contribution in [3.63, 3.8) is 0 Å². The number of nitrogens with one attached hydrogen (secondary N) is 1. The standard InChI is InChI=1S/C26H31N7O3/c27-13-18-8-19(18)15-36-25-30-20(24(34)32-26-10-17(11-26)12-26)9-22(31-25)33-6-3-16(4-7-33)14-35-21-2-1-5-29-23(21)28/h1-2,5,9,16-19H,3-4,6-8,10-12,14-15H2,(H2,28,29)(H,32,34)/t17?,18-,19+,26?/m1/s1. The third kappa shape index (κ3) is 4.62. The molecule has 5 aliphatic rings. The number of ether oxygens (including phenoxy) is 2. The van der Waals surface area contributed by atoms with Crippen molar-refractivity contribution >= 4 is 17.5 Å². The molecule has 10 nitrogen and oxygen atoms in total. The van der Waals surface area contributed by atoms with Crippen molar-refractivity contribution in [2.75, 3.05) is 36.9 Å². The van der Waals surface area contributed by atoms with Crippen LogP contribution in [0, 0.1) is 35.0 Å². The summed E-state index contributed by atoms with van der Waals surface area (Å²) in [5.41, 5.74) is 6.19. The first kappa shape index (κ1) is 22.8. The molecule has 1 saturated heterocycles. The lowest BCUT2D eigenvalue weighted by Crippen LogP contribution is -2.68. The Morgan fingerprint density at radius 3 is 2.69 bits per heavy atom. The van der Waals surface area contributed by atoms with Gasteiger partial charge in [-0.1, -0.05) is 0 Å². The highest BCUT2D eigenvalue weighted by Crippen LogP contribution is 2.57. The second-order valence-electron chi connectivity index (χ2n) is 10.8. The van der Waals surface area contributed by atoms with Crippen molar-refractivity contribution in [1.82, 2.24) is 20.3 Å². The zero-order valence-electron chi connectivity index (χ0n) is 20.2. The normalized spacial score (nSPS) is 28.3. The zero-order valence-corrected chi connectivity index (χ0v) is 20.2. The number of piperidine rings is 1. The molecule has 0 radical (unpaired) electrons. The molecule has 2 aromatic heterocycles. The minimum Gasteiger partial charge on any atom is -0.489 e. The summed E-state index contributed by atoms with van der Waals surface area (Å²) in [7, 11) is 0. The molecule has 1 aliphatic heterocycles. The number of hydrogen-bond acceptors (Lipinski definition) is 9. The number of hydrogen-bond donors (Lipinski definition) is 2. The van der Waals surface area contributed by atoms with Gasteiger partial charge in [-0.3, -0.25) is 4.79 Å². The van der Waals surface area contributed by atoms with E-state index >= 15 is 0 Å². The van der Waals surface area contributed by atoms with Crippen LogP contribution in [0.2, 0.25) is 0 Å². The van der Waals surface area contributed by atoms with Crippen LogP contribution in [-0.4, -0.2) is 52.7 Å². The lowest BCUT2D eigenvalue weighted by molar-refractivity contribution is -0.0439. The number of nitrogens with zero attached hydrogens (tertiary/aromatic N) is 5. The van der Waals surface area contributed by atoms with Gasteiger partial charge in [0.15, 0.2) is 11.6 Å². The Kier molecular flexibility index (Phi) is 5.78. The van der Waals surface area contributed by atoms with Crippen LogP contribution >= 0.6 is 0 Å². The Morgan fingerprint density at radius 2 is 2.03 bits per heavy atom. The van der Waals surface area contributed by atoms with Gasteiger partial charge in [0.25, 0.3) is 5.91 Å². The fourth-order valence-corrected chi connectivity index (χ4v) is 5.52. The van der Waals surface area contributed by atoms with Gasteiger partial charge in [0, 0.05) is 36.8 Å². The highest BCUT2D eigenvalue weighted by molar-refractivity contribution is 5.94. The number of nitrogen functional groups attached to an aromatic ring is 1. The van der Waals surface area contributed by atoms with E-state index in [0.29, 0.717) is 42.2 Å². The maximum Gasteiger partial charge on any atom is 0.319 e. The summed E-state index contributed by atoms with van der Waals surface area (Å²) in [6.45, 7) is 2.56. The van der Waals surface area contributed by atoms with Gasteiger partial charge in [-0.05, 0) is 62.5 Å². The number of anilines is 2. The fourth-order valence-electron chi connectivity index (χ4n) is 5.52. The third-order valence-corrected chi connectivity index (χ3v) is 8.07. The quantitative estimate of drug-likeness (QED) is 0.544. The molecule has 0 spiro atoms. The summed E-state index contributed by atoms with van der Waals surface area (Å²) < 4.78 is 11.8. The summed E-state index contributed by atoms with van der Waals surface area (Å²) in [6.07, 6.45) is 7.55. The molecule has 2 atom stereocenters. The van der Waals surface area contributed by atoms with Crippen LogP contribution in [0.1, 0.15) is 49.0 Å². The predicted molar refractivity (Wildman–Crippen MR) is 131 cm³/mol. The van der Waals surface area contributed by atoms with Gasteiger partial charge < -0.3 is 25.4 Å². The molecular weight excluding hydrogens is 458 g/mol. The number of pyridine rings is 1. The number of amides is 1. The molecule has 4 saturated carbocycles. The lowest BCUT2D eigenvalue weighted by atomic mass is 9.50. The number of carbonyl (C=O) groups is 1. The Balaban J connectivity index is 1.11. The monoisotopic (exact) mass is 489 g/mol. The van der Waals surface area contributed by atoms with Gasteiger partial charge in [-0.25, -0.2) is 4.98 Å². The van der Waals surface area contributed by atoms with Gasteiger partial charge >= 0.3 is 6.01 Å². The van der Waals surface area contributed by atoms with Crippen molar-refractivity contribution < 1.29 is 14.3 Å². The molecule has 36 heavy (non-hydrogen) atoms. The van der Waals surface area contributed by atoms with E-state index in [1.807, 2.05) is 12.1 Å². The Morgan fingerprint density at radius 1 is 1.22 bits per heavy atom.